The summed E-state index contributed by atoms with van der Waals surface area (Å²) in [4.78, 5) is 19.0. The average Bonchev–Trinajstić information content (AvgIpc) is 2.95. The molecule has 0 amide bonds. The number of aryl methyl sites for hydroxylation is 1. The Morgan fingerprint density at radius 3 is 2.94 bits per heavy atom. The number of aromatic carboxylic acids is 1. The quantitative estimate of drug-likeness (QED) is 0.852. The van der Waals surface area contributed by atoms with Crippen molar-refractivity contribution in [1.29, 1.82) is 0 Å². The molecule has 2 heterocycles. The van der Waals surface area contributed by atoms with Crippen LogP contribution in [0.3, 0.4) is 0 Å². The zero-order chi connectivity index (χ0) is 12.3. The normalized spacial score (nSPS) is 10.6. The predicted octanol–water partition coefficient (Wildman–Crippen LogP) is 2.55. The van der Waals surface area contributed by atoms with Crippen molar-refractivity contribution in [3.8, 4) is 0 Å². The minimum absolute atomic E-state index is 0.132. The number of carboxylic acids is 1. The summed E-state index contributed by atoms with van der Waals surface area (Å²) in [7, 11) is 0. The fraction of sp³-hybridized carbons (Fsp3) is 0.333. The van der Waals surface area contributed by atoms with E-state index < -0.39 is 5.97 Å². The lowest BCUT2D eigenvalue weighted by Gasteiger charge is -1.91. The molecule has 8 heteroatoms. The summed E-state index contributed by atoms with van der Waals surface area (Å²) < 4.78 is 5.07. The number of nitrogens with zero attached hydrogens (tertiary/aromatic N) is 3. The Morgan fingerprint density at radius 2 is 2.35 bits per heavy atom. The molecule has 0 saturated carbocycles. The van der Waals surface area contributed by atoms with Gasteiger partial charge in [-0.3, -0.25) is 0 Å². The van der Waals surface area contributed by atoms with Crippen LogP contribution < -0.4 is 0 Å². The van der Waals surface area contributed by atoms with Crippen LogP contribution in [0.25, 0.3) is 0 Å². The minimum Gasteiger partial charge on any atom is -0.476 e. The van der Waals surface area contributed by atoms with Crippen molar-refractivity contribution < 1.29 is 9.90 Å². The summed E-state index contributed by atoms with van der Waals surface area (Å²) in [6, 6.07) is 0. The van der Waals surface area contributed by atoms with Gasteiger partial charge in [-0.1, -0.05) is 18.7 Å². The zero-order valence-electron chi connectivity index (χ0n) is 8.91. The summed E-state index contributed by atoms with van der Waals surface area (Å²) in [5.41, 5.74) is 0.769. The Balaban J connectivity index is 1.94. The standard InChI is InChI=1S/C9H9N3O2S3/c1-2-6-11-9(17-12-6)16-4-5-3-15-7(10-5)8(13)14/h3H,2,4H2,1H3,(H,13,14). The topological polar surface area (TPSA) is 76.0 Å². The fourth-order valence-corrected chi connectivity index (χ4v) is 3.40. The minimum atomic E-state index is -0.976. The third-order valence-corrected chi connectivity index (χ3v) is 4.63. The highest BCUT2D eigenvalue weighted by molar-refractivity contribution is 8.00. The SMILES string of the molecule is CCc1nsc(SCc2csc(C(=O)O)n2)n1. The van der Waals surface area contributed by atoms with Gasteiger partial charge in [-0.2, -0.15) is 4.37 Å². The molecule has 0 aliphatic rings. The maximum atomic E-state index is 10.7. The highest BCUT2D eigenvalue weighted by atomic mass is 32.2. The Kier molecular flexibility index (Phi) is 4.08. The Hall–Kier alpha value is -0.990. The van der Waals surface area contributed by atoms with Gasteiger partial charge < -0.3 is 5.11 Å². The predicted molar refractivity (Wildman–Crippen MR) is 67.9 cm³/mol. The van der Waals surface area contributed by atoms with Crippen LogP contribution in [0.2, 0.25) is 0 Å². The van der Waals surface area contributed by atoms with Crippen LogP contribution in [0.1, 0.15) is 28.2 Å². The number of thioether (sulfide) groups is 1. The first-order chi connectivity index (χ1) is 8.19. The third kappa shape index (κ3) is 3.24. The molecule has 2 aromatic rings. The van der Waals surface area contributed by atoms with E-state index in [9.17, 15) is 4.79 Å². The van der Waals surface area contributed by atoms with Gasteiger partial charge in [0, 0.05) is 17.6 Å². The highest BCUT2D eigenvalue weighted by Gasteiger charge is 2.10. The van der Waals surface area contributed by atoms with Crippen LogP contribution in [-0.2, 0) is 12.2 Å². The van der Waals surface area contributed by atoms with Crippen LogP contribution in [0, 0.1) is 0 Å². The lowest BCUT2D eigenvalue weighted by Crippen LogP contribution is -1.94. The van der Waals surface area contributed by atoms with Crippen molar-refractivity contribution in [3.63, 3.8) is 0 Å². The zero-order valence-corrected chi connectivity index (χ0v) is 11.4. The van der Waals surface area contributed by atoms with Gasteiger partial charge in [0.25, 0.3) is 0 Å². The first-order valence-electron chi connectivity index (χ1n) is 4.82. The maximum Gasteiger partial charge on any atom is 0.365 e. The highest BCUT2D eigenvalue weighted by Crippen LogP contribution is 2.25. The summed E-state index contributed by atoms with van der Waals surface area (Å²) in [5, 5.41) is 10.6. The number of carbonyl (C=O) groups is 1. The van der Waals surface area contributed by atoms with E-state index >= 15 is 0 Å². The van der Waals surface area contributed by atoms with Crippen molar-refractivity contribution in [2.45, 2.75) is 23.4 Å². The van der Waals surface area contributed by atoms with E-state index in [1.165, 1.54) is 23.3 Å². The van der Waals surface area contributed by atoms with Crippen molar-refractivity contribution in [2.75, 3.05) is 0 Å². The number of thiazole rings is 1. The molecular formula is C9H9N3O2S3. The summed E-state index contributed by atoms with van der Waals surface area (Å²) in [6.07, 6.45) is 0.830. The molecule has 5 nitrogen and oxygen atoms in total. The molecule has 0 unspecified atom stereocenters. The van der Waals surface area contributed by atoms with Crippen LogP contribution in [-0.4, -0.2) is 25.4 Å². The van der Waals surface area contributed by atoms with Crippen molar-refractivity contribution in [3.05, 3.63) is 21.9 Å². The van der Waals surface area contributed by atoms with E-state index in [0.29, 0.717) is 5.75 Å². The molecule has 0 aliphatic carbocycles. The molecule has 0 aromatic carbocycles. The van der Waals surface area contributed by atoms with Crippen LogP contribution in [0.15, 0.2) is 9.72 Å². The van der Waals surface area contributed by atoms with Gasteiger partial charge in [-0.15, -0.1) is 11.3 Å². The average molecular weight is 287 g/mol. The van der Waals surface area contributed by atoms with E-state index in [1.54, 1.807) is 5.38 Å². The second-order valence-corrected chi connectivity index (χ2v) is 5.90. The van der Waals surface area contributed by atoms with E-state index in [0.717, 1.165) is 33.6 Å². The smallest absolute Gasteiger partial charge is 0.365 e. The van der Waals surface area contributed by atoms with Gasteiger partial charge >= 0.3 is 5.97 Å². The molecule has 2 aromatic heterocycles. The third-order valence-electron chi connectivity index (χ3n) is 1.84. The first kappa shape index (κ1) is 12.5. The monoisotopic (exact) mass is 287 g/mol. The second-order valence-electron chi connectivity index (χ2n) is 3.07. The molecule has 0 fully saturated rings. The van der Waals surface area contributed by atoms with Crippen molar-refractivity contribution in [1.82, 2.24) is 14.3 Å². The number of hydrogen-bond donors (Lipinski definition) is 1. The number of aromatic nitrogens is 3. The molecule has 0 atom stereocenters. The van der Waals surface area contributed by atoms with Gasteiger partial charge in [-0.05, 0) is 11.5 Å². The molecule has 0 spiro atoms. The molecule has 2 rings (SSSR count). The first-order valence-corrected chi connectivity index (χ1v) is 7.46. The van der Waals surface area contributed by atoms with Gasteiger partial charge in [0.2, 0.25) is 5.01 Å². The van der Waals surface area contributed by atoms with Crippen LogP contribution in [0.5, 0.6) is 0 Å². The molecule has 0 aliphatic heterocycles. The van der Waals surface area contributed by atoms with E-state index in [4.69, 9.17) is 5.11 Å². The van der Waals surface area contributed by atoms with Gasteiger partial charge in [0.1, 0.15) is 5.82 Å². The lowest BCUT2D eigenvalue weighted by molar-refractivity contribution is 0.0696. The molecule has 90 valence electrons. The fourth-order valence-electron chi connectivity index (χ4n) is 1.05. The Bertz CT molecular complexity index is 523. The van der Waals surface area contributed by atoms with Gasteiger partial charge in [0.15, 0.2) is 4.34 Å². The Morgan fingerprint density at radius 1 is 1.53 bits per heavy atom. The number of rotatable bonds is 5. The second kappa shape index (κ2) is 5.56. The molecule has 17 heavy (non-hydrogen) atoms. The van der Waals surface area contributed by atoms with Crippen LogP contribution in [0.4, 0.5) is 0 Å². The summed E-state index contributed by atoms with van der Waals surface area (Å²) in [6.45, 7) is 2.01. The largest absolute Gasteiger partial charge is 0.476 e. The van der Waals surface area contributed by atoms with Gasteiger partial charge in [0.05, 0.1) is 5.69 Å². The molecular weight excluding hydrogens is 278 g/mol. The molecule has 1 N–H and O–H groups in total. The van der Waals surface area contributed by atoms with Crippen molar-refractivity contribution >= 4 is 40.6 Å². The maximum absolute atomic E-state index is 10.7. The molecule has 0 bridgehead atoms. The Labute approximate surface area is 110 Å². The van der Waals surface area contributed by atoms with E-state index in [1.807, 2.05) is 6.92 Å². The summed E-state index contributed by atoms with van der Waals surface area (Å²) in [5.74, 6) is 0.500. The summed E-state index contributed by atoms with van der Waals surface area (Å²) >= 11 is 4.04. The van der Waals surface area contributed by atoms with Crippen LogP contribution >= 0.6 is 34.6 Å². The van der Waals surface area contributed by atoms with Crippen molar-refractivity contribution in [2.24, 2.45) is 0 Å². The number of hydrogen-bond acceptors (Lipinski definition) is 7. The van der Waals surface area contributed by atoms with E-state index in [2.05, 4.69) is 14.3 Å². The van der Waals surface area contributed by atoms with Gasteiger partial charge in [-0.25, -0.2) is 14.8 Å². The lowest BCUT2D eigenvalue weighted by atomic mass is 10.5. The molecule has 0 radical (unpaired) electrons. The van der Waals surface area contributed by atoms with E-state index in [-0.39, 0.29) is 5.01 Å². The number of carboxylic acid groups (broad SMARTS) is 1. The molecule has 0 saturated heterocycles.